The van der Waals surface area contributed by atoms with Gasteiger partial charge in [0.15, 0.2) is 0 Å². The maximum Gasteiger partial charge on any atom is 0.246 e. The second kappa shape index (κ2) is 11.6. The topological polar surface area (TPSA) is 86.7 Å². The largest absolute Gasteiger partial charge is 0.497 e. The van der Waals surface area contributed by atoms with Crippen molar-refractivity contribution in [2.24, 2.45) is 4.99 Å². The molecule has 1 heterocycles. The van der Waals surface area contributed by atoms with Crippen molar-refractivity contribution >= 4 is 50.9 Å². The van der Waals surface area contributed by atoms with Gasteiger partial charge < -0.3 is 20.6 Å². The van der Waals surface area contributed by atoms with Crippen LogP contribution in [0.2, 0.25) is 5.02 Å². The molecule has 0 saturated carbocycles. The molecule has 1 atom stereocenters. The van der Waals surface area contributed by atoms with Crippen LogP contribution < -0.4 is 26.3 Å². The van der Waals surface area contributed by atoms with Gasteiger partial charge in [-0.3, -0.25) is 0 Å². The minimum absolute atomic E-state index is 0.331. The lowest BCUT2D eigenvalue weighted by Crippen LogP contribution is -2.33. The number of aromatic nitrogens is 2. The molecule has 1 aromatic heterocycles. The van der Waals surface area contributed by atoms with Crippen LogP contribution in [0.1, 0.15) is 31.7 Å². The molecule has 33 heavy (non-hydrogen) atoms. The van der Waals surface area contributed by atoms with Gasteiger partial charge in [-0.1, -0.05) is 47.7 Å². The Morgan fingerprint density at radius 3 is 2.76 bits per heavy atom. The van der Waals surface area contributed by atoms with E-state index in [4.69, 9.17) is 26.9 Å². The molecule has 0 aliphatic heterocycles. The van der Waals surface area contributed by atoms with Crippen molar-refractivity contribution in [2.45, 2.75) is 36.7 Å². The molecule has 3 rings (SSSR count). The summed E-state index contributed by atoms with van der Waals surface area (Å²) >= 11 is 8.67. The average molecular weight is 582 g/mol. The number of nitrogens with two attached hydrogens (primary N) is 1. The molecule has 0 fully saturated rings. The number of nitrogen functional groups attached to an aromatic ring is 1. The lowest BCUT2D eigenvalue weighted by molar-refractivity contribution is 0.391. The number of nitrogens with zero attached hydrogens (tertiary/aromatic N) is 3. The highest BCUT2D eigenvalue weighted by Crippen LogP contribution is 2.26. The Morgan fingerprint density at radius 1 is 1.27 bits per heavy atom. The highest BCUT2D eigenvalue weighted by molar-refractivity contribution is 14.1. The van der Waals surface area contributed by atoms with E-state index >= 15 is 0 Å². The Bertz CT molecular complexity index is 1210. The lowest BCUT2D eigenvalue weighted by Gasteiger charge is -2.16. The molecule has 0 radical (unpaired) electrons. The van der Waals surface area contributed by atoms with E-state index in [0.717, 1.165) is 35.9 Å². The Kier molecular flexibility index (Phi) is 8.85. The van der Waals surface area contributed by atoms with Gasteiger partial charge in [-0.15, -0.1) is 0 Å². The molecule has 0 saturated heterocycles. The molecule has 2 aromatic carbocycles. The van der Waals surface area contributed by atoms with Crippen LogP contribution in [0.3, 0.4) is 0 Å². The van der Waals surface area contributed by atoms with Gasteiger partial charge in [0, 0.05) is 31.7 Å². The van der Waals surface area contributed by atoms with E-state index in [0.29, 0.717) is 43.9 Å². The van der Waals surface area contributed by atoms with Crippen molar-refractivity contribution in [1.29, 1.82) is 0 Å². The number of fused-ring (bicyclic) bond motifs is 1. The Balaban J connectivity index is 1.99. The summed E-state index contributed by atoms with van der Waals surface area (Å²) in [6, 6.07) is 11.1. The fourth-order valence-electron chi connectivity index (χ4n) is 3.39. The third-order valence-electron chi connectivity index (χ3n) is 5.15. The van der Waals surface area contributed by atoms with Crippen LogP contribution in [0, 0.1) is 0 Å². The summed E-state index contributed by atoms with van der Waals surface area (Å²) in [4.78, 5) is 9.31. The van der Waals surface area contributed by atoms with Crippen molar-refractivity contribution in [2.75, 3.05) is 25.4 Å². The number of anilines is 1. The van der Waals surface area contributed by atoms with Crippen molar-refractivity contribution in [1.82, 2.24) is 9.66 Å². The Hall–Kier alpha value is -2.46. The summed E-state index contributed by atoms with van der Waals surface area (Å²) < 4.78 is 12.8. The number of ether oxygens (including phenoxy) is 2. The predicted octanol–water partition coefficient (Wildman–Crippen LogP) is 5.44. The number of allylic oxidation sites excluding steroid dienone is 1. The number of halogens is 2. The monoisotopic (exact) mass is 581 g/mol. The molecule has 0 aliphatic rings. The highest BCUT2D eigenvalue weighted by atomic mass is 127. The molecule has 7 nitrogen and oxygen atoms in total. The first-order valence-corrected chi connectivity index (χ1v) is 12.2. The molecule has 0 spiro atoms. The number of hydrogen-bond acceptors (Lipinski definition) is 6. The molecule has 9 heteroatoms. The van der Waals surface area contributed by atoms with Gasteiger partial charge in [-0.25, -0.2) is 14.7 Å². The summed E-state index contributed by atoms with van der Waals surface area (Å²) in [5.74, 6) is 8.53. The minimum Gasteiger partial charge on any atom is -0.497 e. The van der Waals surface area contributed by atoms with E-state index in [2.05, 4.69) is 51.4 Å². The molecule has 0 unspecified atom stereocenters. The lowest BCUT2D eigenvalue weighted by atomic mass is 10.1. The van der Waals surface area contributed by atoms with E-state index < -0.39 is 0 Å². The first-order valence-electron chi connectivity index (χ1n) is 10.6. The zero-order valence-corrected chi connectivity index (χ0v) is 22.0. The van der Waals surface area contributed by atoms with Crippen LogP contribution in [-0.2, 0) is 6.54 Å². The van der Waals surface area contributed by atoms with E-state index in [1.165, 1.54) is 4.68 Å². The Morgan fingerprint density at radius 2 is 2.06 bits per heavy atom. The molecule has 0 aliphatic carbocycles. The van der Waals surface area contributed by atoms with Crippen LogP contribution in [0.5, 0.6) is 11.5 Å². The molecule has 0 amide bonds. The zero-order valence-electron chi connectivity index (χ0n) is 19.1. The highest BCUT2D eigenvalue weighted by Gasteiger charge is 2.11. The number of benzene rings is 2. The number of rotatable bonds is 10. The third-order valence-corrected chi connectivity index (χ3v) is 6.01. The predicted molar refractivity (Wildman–Crippen MR) is 144 cm³/mol. The summed E-state index contributed by atoms with van der Waals surface area (Å²) in [6.45, 7) is 6.72. The SMILES string of the molecule is C=C(CCC[C@@H](C)I)Nc1c2ccc(Cl)cc2nc(=NCc2ccc(OC)cc2OC)n1N. The fraction of sp³-hybridized carbons (Fsp3) is 0.333. The molecule has 176 valence electrons. The maximum absolute atomic E-state index is 6.46. The normalized spacial score (nSPS) is 12.6. The minimum atomic E-state index is 0.331. The van der Waals surface area contributed by atoms with Crippen molar-refractivity contribution in [3.05, 3.63) is 64.9 Å². The molecule has 3 aromatic rings. The van der Waals surface area contributed by atoms with Gasteiger partial charge in [-0.2, -0.15) is 0 Å². The fourth-order valence-corrected chi connectivity index (χ4v) is 4.00. The van der Waals surface area contributed by atoms with Crippen LogP contribution >= 0.6 is 34.2 Å². The number of alkyl halides is 1. The zero-order chi connectivity index (χ0) is 24.0. The van der Waals surface area contributed by atoms with Crippen LogP contribution in [0.15, 0.2) is 53.7 Å². The summed E-state index contributed by atoms with van der Waals surface area (Å²) in [5.41, 5.74) is 2.83. The number of nitrogens with one attached hydrogen (secondary N) is 1. The third kappa shape index (κ3) is 6.54. The van der Waals surface area contributed by atoms with Gasteiger partial charge in [-0.05, 0) is 49.6 Å². The first-order chi connectivity index (χ1) is 15.8. The summed E-state index contributed by atoms with van der Waals surface area (Å²) in [7, 11) is 3.23. The molecule has 0 bridgehead atoms. The molecular weight excluding hydrogens is 553 g/mol. The van der Waals surface area contributed by atoms with Gasteiger partial charge in [0.25, 0.3) is 0 Å². The van der Waals surface area contributed by atoms with E-state index in [9.17, 15) is 0 Å². The Labute approximate surface area is 212 Å². The van der Waals surface area contributed by atoms with Crippen molar-refractivity contribution in [3.63, 3.8) is 0 Å². The second-order valence-corrected chi connectivity index (χ2v) is 10.3. The quantitative estimate of drug-likeness (QED) is 0.189. The maximum atomic E-state index is 6.46. The molecular formula is C24H29ClIN5O2. The van der Waals surface area contributed by atoms with Gasteiger partial charge in [0.2, 0.25) is 5.62 Å². The summed E-state index contributed by atoms with van der Waals surface area (Å²) in [6.07, 6.45) is 3.02. The van der Waals surface area contributed by atoms with Crippen LogP contribution in [0.4, 0.5) is 5.82 Å². The van der Waals surface area contributed by atoms with Crippen LogP contribution in [0.25, 0.3) is 10.9 Å². The summed E-state index contributed by atoms with van der Waals surface area (Å²) in [5, 5.41) is 4.81. The van der Waals surface area contributed by atoms with Crippen LogP contribution in [-0.4, -0.2) is 27.8 Å². The smallest absolute Gasteiger partial charge is 0.246 e. The number of methoxy groups -OCH3 is 2. The van der Waals surface area contributed by atoms with E-state index in [1.54, 1.807) is 20.3 Å². The first kappa shape index (κ1) is 25.2. The van der Waals surface area contributed by atoms with Crippen molar-refractivity contribution < 1.29 is 9.47 Å². The van der Waals surface area contributed by atoms with Gasteiger partial charge in [0.05, 0.1) is 26.3 Å². The second-order valence-electron chi connectivity index (χ2n) is 7.69. The van der Waals surface area contributed by atoms with E-state index in [-0.39, 0.29) is 0 Å². The van der Waals surface area contributed by atoms with E-state index in [1.807, 2.05) is 30.3 Å². The number of hydrogen-bond donors (Lipinski definition) is 2. The molecule has 3 N–H and O–H groups in total. The standard InChI is InChI=1S/C24H29ClIN5O2/c1-15(26)6-5-7-16(2)29-23-20-11-9-18(25)12-21(20)30-24(31(23)27)28-14-17-8-10-19(32-3)13-22(17)33-4/h8-13,15,29H,2,5-7,14,27H2,1,3-4H3/t15-/m1/s1. The average Bonchev–Trinajstić information content (AvgIpc) is 2.79. The van der Waals surface area contributed by atoms with Gasteiger partial charge >= 0.3 is 0 Å². The van der Waals surface area contributed by atoms with Crippen molar-refractivity contribution in [3.8, 4) is 11.5 Å². The van der Waals surface area contributed by atoms with Gasteiger partial charge in [0.1, 0.15) is 17.3 Å².